The minimum Gasteiger partial charge on any atom is -0.322 e. The Balaban J connectivity index is 1.13. The van der Waals surface area contributed by atoms with Crippen LogP contribution in [0.15, 0.2) is 0 Å². The summed E-state index contributed by atoms with van der Waals surface area (Å²) in [5.41, 5.74) is 0.267. The smallest absolute Gasteiger partial charge is 0.322 e. The molecule has 1 aromatic rings. The third kappa shape index (κ3) is 2.96. The first-order valence-electron chi connectivity index (χ1n) is 11.3. The molecule has 2 aliphatic heterocycles. The summed E-state index contributed by atoms with van der Waals surface area (Å²) in [4.78, 5) is 17.4. The summed E-state index contributed by atoms with van der Waals surface area (Å²) in [6, 6.07) is 0.559. The van der Waals surface area contributed by atoms with Crippen LogP contribution in [0, 0.1) is 17.8 Å². The third-order valence-electron chi connectivity index (χ3n) is 8.26. The normalized spacial score (nSPS) is 39.8. The van der Waals surface area contributed by atoms with E-state index < -0.39 is 0 Å². The van der Waals surface area contributed by atoms with Gasteiger partial charge in [0.15, 0.2) is 0 Å². The number of urea groups is 1. The van der Waals surface area contributed by atoms with E-state index >= 15 is 0 Å². The summed E-state index contributed by atoms with van der Waals surface area (Å²) < 4.78 is 0. The second-order valence-corrected chi connectivity index (χ2v) is 11.1. The molecular formula is C21H31N5OS. The molecule has 4 bridgehead atoms. The van der Waals surface area contributed by atoms with Crippen LogP contribution in [0.2, 0.25) is 0 Å². The van der Waals surface area contributed by atoms with Gasteiger partial charge in [0.1, 0.15) is 5.01 Å². The highest BCUT2D eigenvalue weighted by Gasteiger charge is 2.53. The largest absolute Gasteiger partial charge is 0.323 e. The van der Waals surface area contributed by atoms with Crippen LogP contribution in [0.1, 0.15) is 62.8 Å². The Morgan fingerprint density at radius 1 is 1.00 bits per heavy atom. The van der Waals surface area contributed by atoms with Crippen molar-refractivity contribution >= 4 is 22.5 Å². The van der Waals surface area contributed by atoms with Crippen LogP contribution in [-0.4, -0.2) is 58.2 Å². The van der Waals surface area contributed by atoms with E-state index in [1.807, 2.05) is 4.90 Å². The van der Waals surface area contributed by atoms with Crippen molar-refractivity contribution in [3.8, 4) is 0 Å². The highest BCUT2D eigenvalue weighted by atomic mass is 32.1. The lowest BCUT2D eigenvalue weighted by atomic mass is 9.50. The summed E-state index contributed by atoms with van der Waals surface area (Å²) in [7, 11) is 0. The van der Waals surface area contributed by atoms with E-state index in [0.717, 1.165) is 37.4 Å². The van der Waals surface area contributed by atoms with Crippen molar-refractivity contribution in [3.05, 3.63) is 5.01 Å². The first-order valence-corrected chi connectivity index (χ1v) is 12.1. The highest BCUT2D eigenvalue weighted by Crippen LogP contribution is 2.61. The molecular weight excluding hydrogens is 370 g/mol. The van der Waals surface area contributed by atoms with Gasteiger partial charge in [-0.1, -0.05) is 17.8 Å². The fourth-order valence-corrected chi connectivity index (χ4v) is 8.32. The number of piperazine rings is 1. The number of piperidine rings is 1. The predicted octanol–water partition coefficient (Wildman–Crippen LogP) is 3.71. The quantitative estimate of drug-likeness (QED) is 0.821. The maximum atomic E-state index is 12.8. The SMILES string of the molecule is O=C(Nc1nnc(C23CC4CC(CC(C4)C2)C3)s1)N1CCN2CCCCC2C1. The number of anilines is 1. The first kappa shape index (κ1) is 17.6. The number of hydrogen-bond donors (Lipinski definition) is 1. The van der Waals surface area contributed by atoms with Gasteiger partial charge in [-0.25, -0.2) is 4.79 Å². The molecule has 4 saturated carbocycles. The van der Waals surface area contributed by atoms with E-state index in [1.165, 1.54) is 69.3 Å². The van der Waals surface area contributed by atoms with Crippen LogP contribution in [-0.2, 0) is 5.41 Å². The number of aromatic nitrogens is 2. The minimum absolute atomic E-state index is 0.0124. The topological polar surface area (TPSA) is 61.4 Å². The molecule has 3 heterocycles. The molecule has 7 heteroatoms. The second kappa shape index (κ2) is 6.66. The van der Waals surface area contributed by atoms with E-state index in [1.54, 1.807) is 11.3 Å². The number of nitrogens with one attached hydrogen (secondary N) is 1. The molecule has 2 amide bonds. The molecule has 6 aliphatic rings. The number of amides is 2. The Morgan fingerprint density at radius 3 is 2.50 bits per heavy atom. The summed E-state index contributed by atoms with van der Waals surface area (Å²) >= 11 is 1.65. The van der Waals surface area contributed by atoms with Crippen molar-refractivity contribution < 1.29 is 4.79 Å². The van der Waals surface area contributed by atoms with Crippen LogP contribution >= 0.6 is 11.3 Å². The standard InChI is InChI=1S/C21H31N5OS/c27-20(26-6-5-25-4-2-1-3-17(25)13-26)22-19-24-23-18(28-19)21-10-14-7-15(11-21)9-16(8-14)12-21/h14-17H,1-13H2,(H,22,24,27). The van der Waals surface area contributed by atoms with Gasteiger partial charge in [-0.05, 0) is 75.7 Å². The molecule has 0 radical (unpaired) electrons. The van der Waals surface area contributed by atoms with Gasteiger partial charge < -0.3 is 4.90 Å². The van der Waals surface area contributed by atoms with Crippen LogP contribution in [0.3, 0.4) is 0 Å². The van der Waals surface area contributed by atoms with Crippen molar-refractivity contribution in [2.24, 2.45) is 17.8 Å². The Morgan fingerprint density at radius 2 is 1.75 bits per heavy atom. The molecule has 0 aromatic carbocycles. The Hall–Kier alpha value is -1.21. The lowest BCUT2D eigenvalue weighted by Crippen LogP contribution is -2.56. The van der Waals surface area contributed by atoms with Gasteiger partial charge in [0.25, 0.3) is 0 Å². The van der Waals surface area contributed by atoms with Crippen LogP contribution in [0.25, 0.3) is 0 Å². The average molecular weight is 402 g/mol. The van der Waals surface area contributed by atoms with Crippen molar-refractivity contribution in [3.63, 3.8) is 0 Å². The van der Waals surface area contributed by atoms with Crippen molar-refractivity contribution in [2.75, 3.05) is 31.5 Å². The maximum absolute atomic E-state index is 12.8. The molecule has 1 N–H and O–H groups in total. The lowest BCUT2D eigenvalue weighted by Gasteiger charge is -2.55. The summed E-state index contributed by atoms with van der Waals surface area (Å²) in [5, 5.41) is 13.9. The molecule has 6 nitrogen and oxygen atoms in total. The van der Waals surface area contributed by atoms with Crippen LogP contribution in [0.4, 0.5) is 9.93 Å². The van der Waals surface area contributed by atoms with Gasteiger partial charge >= 0.3 is 6.03 Å². The molecule has 1 aromatic heterocycles. The number of carbonyl (C=O) groups excluding carboxylic acids is 1. The fraction of sp³-hybridized carbons (Fsp3) is 0.857. The maximum Gasteiger partial charge on any atom is 0.323 e. The molecule has 1 unspecified atom stereocenters. The zero-order chi connectivity index (χ0) is 18.7. The highest BCUT2D eigenvalue weighted by molar-refractivity contribution is 7.15. The Kier molecular flexibility index (Phi) is 4.19. The van der Waals surface area contributed by atoms with E-state index in [4.69, 9.17) is 0 Å². The number of carbonyl (C=O) groups is 1. The fourth-order valence-electron chi connectivity index (χ4n) is 7.37. The molecule has 1 atom stereocenters. The summed E-state index contributed by atoms with van der Waals surface area (Å²) in [6.07, 6.45) is 12.0. The summed E-state index contributed by atoms with van der Waals surface area (Å²) in [6.45, 7) is 3.88. The van der Waals surface area contributed by atoms with E-state index in [-0.39, 0.29) is 11.4 Å². The first-order chi connectivity index (χ1) is 13.7. The monoisotopic (exact) mass is 401 g/mol. The van der Waals surface area contributed by atoms with Gasteiger partial charge in [-0.2, -0.15) is 0 Å². The van der Waals surface area contributed by atoms with Crippen LogP contribution in [0.5, 0.6) is 0 Å². The number of rotatable bonds is 2. The van der Waals surface area contributed by atoms with Gasteiger partial charge in [0, 0.05) is 31.1 Å². The van der Waals surface area contributed by atoms with E-state index in [9.17, 15) is 4.79 Å². The van der Waals surface area contributed by atoms with Gasteiger partial charge in [-0.15, -0.1) is 10.2 Å². The van der Waals surface area contributed by atoms with E-state index in [2.05, 4.69) is 20.4 Å². The third-order valence-corrected chi connectivity index (χ3v) is 9.34. The van der Waals surface area contributed by atoms with E-state index in [0.29, 0.717) is 11.2 Å². The van der Waals surface area contributed by atoms with Gasteiger partial charge in [0.2, 0.25) is 5.13 Å². The molecule has 0 spiro atoms. The van der Waals surface area contributed by atoms with Crippen molar-refractivity contribution in [1.82, 2.24) is 20.0 Å². The van der Waals surface area contributed by atoms with Crippen molar-refractivity contribution in [2.45, 2.75) is 69.2 Å². The molecule has 2 saturated heterocycles. The number of nitrogens with zero attached hydrogens (tertiary/aromatic N) is 4. The summed E-state index contributed by atoms with van der Waals surface area (Å²) in [5.74, 6) is 2.71. The molecule has 152 valence electrons. The van der Waals surface area contributed by atoms with Crippen LogP contribution < -0.4 is 5.32 Å². The Labute approximate surface area is 171 Å². The number of fused-ring (bicyclic) bond motifs is 1. The molecule has 6 fully saturated rings. The zero-order valence-corrected chi connectivity index (χ0v) is 17.4. The molecule has 7 rings (SSSR count). The molecule has 4 aliphatic carbocycles. The average Bonchev–Trinajstić information content (AvgIpc) is 3.16. The zero-order valence-electron chi connectivity index (χ0n) is 16.6. The molecule has 28 heavy (non-hydrogen) atoms. The van der Waals surface area contributed by atoms with Crippen molar-refractivity contribution in [1.29, 1.82) is 0 Å². The van der Waals surface area contributed by atoms with Gasteiger partial charge in [-0.3, -0.25) is 10.2 Å². The van der Waals surface area contributed by atoms with Gasteiger partial charge in [0.05, 0.1) is 0 Å². The lowest BCUT2D eigenvalue weighted by molar-refractivity contribution is -0.00555. The number of hydrogen-bond acceptors (Lipinski definition) is 5. The Bertz CT molecular complexity index is 728. The minimum atomic E-state index is 0.0124. The predicted molar refractivity (Wildman–Crippen MR) is 110 cm³/mol. The second-order valence-electron chi connectivity index (χ2n) is 10.2.